The molecule has 0 aliphatic rings. The molecule has 0 saturated heterocycles. The number of anilines is 1. The van der Waals surface area contributed by atoms with Gasteiger partial charge in [-0.2, -0.15) is 0 Å². The van der Waals surface area contributed by atoms with E-state index in [-0.39, 0.29) is 5.91 Å². The van der Waals surface area contributed by atoms with Gasteiger partial charge in [0.05, 0.1) is 0 Å². The van der Waals surface area contributed by atoms with Crippen LogP contribution in [-0.2, 0) is 4.79 Å². The van der Waals surface area contributed by atoms with E-state index in [4.69, 9.17) is 10.8 Å². The van der Waals surface area contributed by atoms with E-state index in [0.29, 0.717) is 5.88 Å². The Kier molecular flexibility index (Phi) is 2.64. The van der Waals surface area contributed by atoms with Gasteiger partial charge in [-0.05, 0) is 19.9 Å². The first-order valence-electron chi connectivity index (χ1n) is 5.31. The lowest BCUT2D eigenvalue weighted by Gasteiger charge is -2.15. The maximum atomic E-state index is 11.8. The zero-order valence-electron chi connectivity index (χ0n) is 9.78. The summed E-state index contributed by atoms with van der Waals surface area (Å²) in [5, 5.41) is 3.62. The summed E-state index contributed by atoms with van der Waals surface area (Å²) in [7, 11) is 0. The van der Waals surface area contributed by atoms with E-state index < -0.39 is 5.41 Å². The third-order valence-corrected chi connectivity index (χ3v) is 2.59. The predicted octanol–water partition coefficient (Wildman–Crippen LogP) is 3.03. The quantitative estimate of drug-likeness (QED) is 0.801. The van der Waals surface area contributed by atoms with E-state index in [0.717, 1.165) is 11.0 Å². The largest absolute Gasteiger partial charge is 0.440 e. The SMILES string of the molecule is C#CC(C)(C)C(=O)Nc1cc2ccccc2o1. The summed E-state index contributed by atoms with van der Waals surface area (Å²) in [5.74, 6) is 2.61. The Labute approximate surface area is 99.8 Å². The molecule has 3 nitrogen and oxygen atoms in total. The molecule has 0 atom stereocenters. The van der Waals surface area contributed by atoms with Crippen molar-refractivity contribution in [3.05, 3.63) is 30.3 Å². The first-order valence-corrected chi connectivity index (χ1v) is 5.31. The second-order valence-corrected chi connectivity index (χ2v) is 4.37. The predicted molar refractivity (Wildman–Crippen MR) is 67.5 cm³/mol. The molecule has 86 valence electrons. The van der Waals surface area contributed by atoms with E-state index in [1.165, 1.54) is 0 Å². The second kappa shape index (κ2) is 3.99. The fraction of sp³-hybridized carbons (Fsp3) is 0.214. The first-order chi connectivity index (χ1) is 8.03. The van der Waals surface area contributed by atoms with Crippen LogP contribution in [-0.4, -0.2) is 5.91 Å². The Morgan fingerprint density at radius 1 is 1.41 bits per heavy atom. The molecule has 17 heavy (non-hydrogen) atoms. The lowest BCUT2D eigenvalue weighted by atomic mass is 9.94. The summed E-state index contributed by atoms with van der Waals surface area (Å²) < 4.78 is 5.48. The summed E-state index contributed by atoms with van der Waals surface area (Å²) in [6.45, 7) is 3.37. The lowest BCUT2D eigenvalue weighted by Crippen LogP contribution is -2.28. The van der Waals surface area contributed by atoms with E-state index in [9.17, 15) is 4.79 Å². The van der Waals surface area contributed by atoms with Crippen LogP contribution in [0.25, 0.3) is 11.0 Å². The third kappa shape index (κ3) is 2.16. The number of rotatable bonds is 2. The fourth-order valence-electron chi connectivity index (χ4n) is 1.38. The number of carbonyl (C=O) groups excluding carboxylic acids is 1. The molecule has 0 fully saturated rings. The maximum Gasteiger partial charge on any atom is 0.244 e. The van der Waals surface area contributed by atoms with Crippen LogP contribution < -0.4 is 5.32 Å². The molecule has 1 N–H and O–H groups in total. The highest BCUT2D eigenvalue weighted by Crippen LogP contribution is 2.24. The number of hydrogen-bond donors (Lipinski definition) is 1. The highest BCUT2D eigenvalue weighted by Gasteiger charge is 2.25. The minimum Gasteiger partial charge on any atom is -0.440 e. The molecule has 0 saturated carbocycles. The number of benzene rings is 1. The van der Waals surface area contributed by atoms with Crippen LogP contribution in [0.3, 0.4) is 0 Å². The standard InChI is InChI=1S/C14H13NO2/c1-4-14(2,3)13(16)15-12-9-10-7-5-6-8-11(10)17-12/h1,5-9H,2-3H3,(H,15,16). The number of carbonyl (C=O) groups is 1. The number of amides is 1. The van der Waals surface area contributed by atoms with Crippen LogP contribution in [0, 0.1) is 17.8 Å². The van der Waals surface area contributed by atoms with Crippen molar-refractivity contribution in [2.45, 2.75) is 13.8 Å². The average Bonchev–Trinajstić information content (AvgIpc) is 2.70. The molecule has 0 radical (unpaired) electrons. The van der Waals surface area contributed by atoms with Gasteiger partial charge in [0, 0.05) is 11.5 Å². The molecule has 0 bridgehead atoms. The summed E-state index contributed by atoms with van der Waals surface area (Å²) in [6, 6.07) is 9.33. The van der Waals surface area contributed by atoms with Crippen molar-refractivity contribution < 1.29 is 9.21 Å². The number of terminal acetylenes is 1. The van der Waals surface area contributed by atoms with Crippen LogP contribution in [0.4, 0.5) is 5.88 Å². The molecule has 1 amide bonds. The molecule has 0 aliphatic heterocycles. The van der Waals surface area contributed by atoms with E-state index in [1.54, 1.807) is 19.9 Å². The van der Waals surface area contributed by atoms with Gasteiger partial charge >= 0.3 is 0 Å². The molecular weight excluding hydrogens is 214 g/mol. The van der Waals surface area contributed by atoms with Gasteiger partial charge in [-0.1, -0.05) is 24.1 Å². The van der Waals surface area contributed by atoms with Gasteiger partial charge in [0.15, 0.2) is 0 Å². The Bertz CT molecular complexity index is 569. The highest BCUT2D eigenvalue weighted by atomic mass is 16.4. The van der Waals surface area contributed by atoms with Crippen molar-refractivity contribution in [1.82, 2.24) is 0 Å². The Morgan fingerprint density at radius 3 is 2.76 bits per heavy atom. The Balaban J connectivity index is 2.25. The van der Waals surface area contributed by atoms with Crippen molar-refractivity contribution in [2.75, 3.05) is 5.32 Å². The summed E-state index contributed by atoms with van der Waals surface area (Å²) in [4.78, 5) is 11.8. The Hall–Kier alpha value is -2.21. The Morgan fingerprint density at radius 2 is 2.12 bits per heavy atom. The zero-order chi connectivity index (χ0) is 12.5. The van der Waals surface area contributed by atoms with Gasteiger partial charge in [0.25, 0.3) is 0 Å². The van der Waals surface area contributed by atoms with Crippen LogP contribution in [0.1, 0.15) is 13.8 Å². The summed E-state index contributed by atoms with van der Waals surface area (Å²) >= 11 is 0. The minimum absolute atomic E-state index is 0.251. The molecule has 0 unspecified atom stereocenters. The molecule has 1 aromatic heterocycles. The van der Waals surface area contributed by atoms with Gasteiger partial charge in [-0.25, -0.2) is 0 Å². The molecule has 0 aliphatic carbocycles. The van der Waals surface area contributed by atoms with Crippen LogP contribution in [0.5, 0.6) is 0 Å². The van der Waals surface area contributed by atoms with E-state index in [1.807, 2.05) is 24.3 Å². The van der Waals surface area contributed by atoms with Gasteiger partial charge in [-0.3, -0.25) is 10.1 Å². The monoisotopic (exact) mass is 227 g/mol. The van der Waals surface area contributed by atoms with Gasteiger partial charge in [0.2, 0.25) is 11.8 Å². The lowest BCUT2D eigenvalue weighted by molar-refractivity contribution is -0.121. The van der Waals surface area contributed by atoms with Gasteiger partial charge in [0.1, 0.15) is 11.0 Å². The number of furan rings is 1. The molecule has 2 aromatic rings. The summed E-state index contributed by atoms with van der Waals surface area (Å²) in [5.41, 5.74) is -0.111. The van der Waals surface area contributed by atoms with Crippen molar-refractivity contribution in [1.29, 1.82) is 0 Å². The number of nitrogens with one attached hydrogen (secondary N) is 1. The number of hydrogen-bond acceptors (Lipinski definition) is 2. The topological polar surface area (TPSA) is 42.2 Å². The van der Waals surface area contributed by atoms with Crippen molar-refractivity contribution in [3.63, 3.8) is 0 Å². The molecule has 3 heteroatoms. The van der Waals surface area contributed by atoms with E-state index >= 15 is 0 Å². The van der Waals surface area contributed by atoms with Crippen molar-refractivity contribution >= 4 is 22.8 Å². The van der Waals surface area contributed by atoms with E-state index in [2.05, 4.69) is 11.2 Å². The highest BCUT2D eigenvalue weighted by molar-refractivity contribution is 5.97. The van der Waals surface area contributed by atoms with Gasteiger partial charge in [-0.15, -0.1) is 6.42 Å². The zero-order valence-corrected chi connectivity index (χ0v) is 9.78. The minimum atomic E-state index is -0.848. The van der Waals surface area contributed by atoms with Crippen molar-refractivity contribution in [2.24, 2.45) is 5.41 Å². The average molecular weight is 227 g/mol. The second-order valence-electron chi connectivity index (χ2n) is 4.37. The normalized spacial score (nSPS) is 11.1. The molecular formula is C14H13NO2. The molecule has 1 heterocycles. The number of para-hydroxylation sites is 1. The molecule has 2 rings (SSSR count). The third-order valence-electron chi connectivity index (χ3n) is 2.59. The van der Waals surface area contributed by atoms with Crippen molar-refractivity contribution in [3.8, 4) is 12.3 Å². The fourth-order valence-corrected chi connectivity index (χ4v) is 1.38. The maximum absolute atomic E-state index is 11.8. The smallest absolute Gasteiger partial charge is 0.244 e. The van der Waals surface area contributed by atoms with Crippen LogP contribution >= 0.6 is 0 Å². The summed E-state index contributed by atoms with van der Waals surface area (Å²) in [6.07, 6.45) is 5.29. The van der Waals surface area contributed by atoms with Gasteiger partial charge < -0.3 is 4.42 Å². The number of fused-ring (bicyclic) bond motifs is 1. The van der Waals surface area contributed by atoms with Crippen LogP contribution in [0.2, 0.25) is 0 Å². The van der Waals surface area contributed by atoms with Crippen LogP contribution in [0.15, 0.2) is 34.7 Å². The molecule has 0 spiro atoms. The molecule has 1 aromatic carbocycles. The first kappa shape index (κ1) is 11.3.